The first-order valence-electron chi connectivity index (χ1n) is 4.95. The van der Waals surface area contributed by atoms with Gasteiger partial charge in [0.25, 0.3) is 5.91 Å². The van der Waals surface area contributed by atoms with E-state index >= 15 is 0 Å². The van der Waals surface area contributed by atoms with Crippen molar-refractivity contribution in [3.8, 4) is 5.75 Å². The highest BCUT2D eigenvalue weighted by Crippen LogP contribution is 2.13. The molecule has 3 heteroatoms. The van der Waals surface area contributed by atoms with E-state index < -0.39 is 6.10 Å². The van der Waals surface area contributed by atoms with E-state index in [1.54, 1.807) is 21.0 Å². The van der Waals surface area contributed by atoms with E-state index in [-0.39, 0.29) is 5.91 Å². The summed E-state index contributed by atoms with van der Waals surface area (Å²) in [6.07, 6.45) is -0.442. The number of carbonyl (C=O) groups is 1. The molecule has 3 nitrogen and oxygen atoms in total. The van der Waals surface area contributed by atoms with Gasteiger partial charge in [-0.1, -0.05) is 17.7 Å². The van der Waals surface area contributed by atoms with Gasteiger partial charge >= 0.3 is 0 Å². The topological polar surface area (TPSA) is 29.5 Å². The molecule has 0 spiro atoms. The smallest absolute Gasteiger partial charge is 0.262 e. The summed E-state index contributed by atoms with van der Waals surface area (Å²) in [4.78, 5) is 13.0. The number of carbonyl (C=O) groups excluding carboxylic acids is 1. The summed E-state index contributed by atoms with van der Waals surface area (Å²) in [6.45, 7) is 3.76. The third-order valence-electron chi connectivity index (χ3n) is 2.12. The van der Waals surface area contributed by atoms with E-state index in [4.69, 9.17) is 4.74 Å². The average Bonchev–Trinajstić information content (AvgIpc) is 2.20. The minimum absolute atomic E-state index is 0.0319. The number of benzene rings is 1. The molecule has 1 rings (SSSR count). The molecule has 0 aliphatic rings. The van der Waals surface area contributed by atoms with Crippen LogP contribution in [0.15, 0.2) is 24.3 Å². The van der Waals surface area contributed by atoms with E-state index in [0.717, 1.165) is 5.75 Å². The normalized spacial score (nSPS) is 12.0. The van der Waals surface area contributed by atoms with Crippen molar-refractivity contribution in [2.24, 2.45) is 0 Å². The van der Waals surface area contributed by atoms with Gasteiger partial charge in [-0.25, -0.2) is 0 Å². The van der Waals surface area contributed by atoms with Crippen LogP contribution in [0.5, 0.6) is 5.75 Å². The lowest BCUT2D eigenvalue weighted by Crippen LogP contribution is -2.35. The number of hydrogen-bond donors (Lipinski definition) is 0. The minimum atomic E-state index is -0.442. The quantitative estimate of drug-likeness (QED) is 0.757. The van der Waals surface area contributed by atoms with Gasteiger partial charge in [-0.05, 0) is 26.0 Å². The highest BCUT2D eigenvalue weighted by Gasteiger charge is 2.15. The van der Waals surface area contributed by atoms with Gasteiger partial charge in [-0.3, -0.25) is 4.79 Å². The lowest BCUT2D eigenvalue weighted by Gasteiger charge is -2.18. The molecule has 0 saturated heterocycles. The van der Waals surface area contributed by atoms with Crippen LogP contribution in [0.3, 0.4) is 0 Å². The van der Waals surface area contributed by atoms with Gasteiger partial charge < -0.3 is 9.64 Å². The molecule has 1 aromatic carbocycles. The van der Waals surface area contributed by atoms with Crippen molar-refractivity contribution >= 4 is 5.91 Å². The van der Waals surface area contributed by atoms with Crippen LogP contribution in [0.2, 0.25) is 0 Å². The molecule has 1 unspecified atom stereocenters. The SMILES string of the molecule is Cc1ccc(OC(C)C(=O)N(C)C)cc1. The molecule has 0 fully saturated rings. The van der Waals surface area contributed by atoms with E-state index in [9.17, 15) is 4.79 Å². The van der Waals surface area contributed by atoms with Crippen LogP contribution < -0.4 is 4.74 Å². The summed E-state index contributed by atoms with van der Waals surface area (Å²) in [5, 5.41) is 0. The highest BCUT2D eigenvalue weighted by molar-refractivity contribution is 5.80. The highest BCUT2D eigenvalue weighted by atomic mass is 16.5. The van der Waals surface area contributed by atoms with Gasteiger partial charge in [0.05, 0.1) is 0 Å². The van der Waals surface area contributed by atoms with Gasteiger partial charge in [-0.2, -0.15) is 0 Å². The van der Waals surface area contributed by atoms with Gasteiger partial charge in [0.2, 0.25) is 0 Å². The molecule has 1 atom stereocenters. The number of aryl methyl sites for hydroxylation is 1. The Morgan fingerprint density at radius 1 is 1.27 bits per heavy atom. The number of rotatable bonds is 3. The first-order chi connectivity index (χ1) is 7.00. The first kappa shape index (κ1) is 11.6. The molecule has 0 aliphatic carbocycles. The second kappa shape index (κ2) is 4.82. The lowest BCUT2D eigenvalue weighted by molar-refractivity contribution is -0.135. The Morgan fingerprint density at radius 3 is 2.27 bits per heavy atom. The Morgan fingerprint density at radius 2 is 1.80 bits per heavy atom. The molecule has 82 valence electrons. The van der Waals surface area contributed by atoms with Gasteiger partial charge in [-0.15, -0.1) is 0 Å². The van der Waals surface area contributed by atoms with Gasteiger partial charge in [0.1, 0.15) is 5.75 Å². The maximum atomic E-state index is 11.5. The monoisotopic (exact) mass is 207 g/mol. The predicted octanol–water partition coefficient (Wildman–Crippen LogP) is 1.85. The van der Waals surface area contributed by atoms with Gasteiger partial charge in [0, 0.05) is 14.1 Å². The number of ether oxygens (including phenoxy) is 1. The summed E-state index contributed by atoms with van der Waals surface area (Å²) in [5.41, 5.74) is 1.17. The molecule has 15 heavy (non-hydrogen) atoms. The Kier molecular flexibility index (Phi) is 3.72. The fourth-order valence-electron chi connectivity index (χ4n) is 1.23. The van der Waals surface area contributed by atoms with Crippen LogP contribution in [0.25, 0.3) is 0 Å². The Labute approximate surface area is 90.7 Å². The molecule has 1 amide bonds. The maximum Gasteiger partial charge on any atom is 0.262 e. The van der Waals surface area contributed by atoms with Crippen molar-refractivity contribution in [2.75, 3.05) is 14.1 Å². The Balaban J connectivity index is 2.62. The summed E-state index contributed by atoms with van der Waals surface area (Å²) < 4.78 is 5.50. The predicted molar refractivity (Wildman–Crippen MR) is 60.0 cm³/mol. The van der Waals surface area contributed by atoms with E-state index in [1.165, 1.54) is 10.5 Å². The summed E-state index contributed by atoms with van der Waals surface area (Å²) in [7, 11) is 3.44. The van der Waals surface area contributed by atoms with E-state index in [2.05, 4.69) is 0 Å². The molecule has 0 bridgehead atoms. The molecule has 0 radical (unpaired) electrons. The second-order valence-electron chi connectivity index (χ2n) is 3.81. The van der Waals surface area contributed by atoms with Crippen LogP contribution in [0, 0.1) is 6.92 Å². The molecular weight excluding hydrogens is 190 g/mol. The van der Waals surface area contributed by atoms with Crippen LogP contribution >= 0.6 is 0 Å². The fourth-order valence-corrected chi connectivity index (χ4v) is 1.23. The fraction of sp³-hybridized carbons (Fsp3) is 0.417. The molecular formula is C12H17NO2. The second-order valence-corrected chi connectivity index (χ2v) is 3.81. The van der Waals surface area contributed by atoms with Crippen LogP contribution in [0.1, 0.15) is 12.5 Å². The number of likely N-dealkylation sites (N-methyl/N-ethyl adjacent to an activating group) is 1. The standard InChI is InChI=1S/C12H17NO2/c1-9-5-7-11(8-6-9)15-10(2)12(14)13(3)4/h5-8,10H,1-4H3. The van der Waals surface area contributed by atoms with Crippen LogP contribution in [-0.2, 0) is 4.79 Å². The van der Waals surface area contributed by atoms with E-state index in [0.29, 0.717) is 0 Å². The van der Waals surface area contributed by atoms with Crippen molar-refractivity contribution in [3.63, 3.8) is 0 Å². The average molecular weight is 207 g/mol. The molecule has 0 aromatic heterocycles. The summed E-state index contributed by atoms with van der Waals surface area (Å²) in [5.74, 6) is 0.693. The lowest BCUT2D eigenvalue weighted by atomic mass is 10.2. The van der Waals surface area contributed by atoms with Gasteiger partial charge in [0.15, 0.2) is 6.10 Å². The third-order valence-corrected chi connectivity index (χ3v) is 2.12. The molecule has 0 aliphatic heterocycles. The molecule has 1 aromatic rings. The zero-order valence-electron chi connectivity index (χ0n) is 9.65. The zero-order valence-corrected chi connectivity index (χ0v) is 9.65. The van der Waals surface area contributed by atoms with Crippen LogP contribution in [0.4, 0.5) is 0 Å². The zero-order chi connectivity index (χ0) is 11.4. The van der Waals surface area contributed by atoms with Crippen molar-refractivity contribution in [1.29, 1.82) is 0 Å². The molecule has 0 saturated carbocycles. The number of hydrogen-bond acceptors (Lipinski definition) is 2. The maximum absolute atomic E-state index is 11.5. The Bertz CT molecular complexity index is 330. The third kappa shape index (κ3) is 3.27. The number of amides is 1. The van der Waals surface area contributed by atoms with Crippen LogP contribution in [-0.4, -0.2) is 31.0 Å². The largest absolute Gasteiger partial charge is 0.481 e. The summed E-state index contributed by atoms with van der Waals surface area (Å²) >= 11 is 0. The number of nitrogens with zero attached hydrogens (tertiary/aromatic N) is 1. The molecule has 0 N–H and O–H groups in total. The summed E-state index contributed by atoms with van der Waals surface area (Å²) in [6, 6.07) is 7.66. The molecule has 0 heterocycles. The van der Waals surface area contributed by atoms with Crippen molar-refractivity contribution in [3.05, 3.63) is 29.8 Å². The minimum Gasteiger partial charge on any atom is -0.481 e. The Hall–Kier alpha value is -1.51. The van der Waals surface area contributed by atoms with Crippen molar-refractivity contribution < 1.29 is 9.53 Å². The van der Waals surface area contributed by atoms with E-state index in [1.807, 2.05) is 31.2 Å². The van der Waals surface area contributed by atoms with Crippen molar-refractivity contribution in [2.45, 2.75) is 20.0 Å². The van der Waals surface area contributed by atoms with Crippen molar-refractivity contribution in [1.82, 2.24) is 4.90 Å². The first-order valence-corrected chi connectivity index (χ1v) is 4.95.